The van der Waals surface area contributed by atoms with Crippen LogP contribution in [-0.4, -0.2) is 74.8 Å². The van der Waals surface area contributed by atoms with Gasteiger partial charge in [-0.05, 0) is 50.6 Å². The number of likely N-dealkylation sites (tertiary alicyclic amines) is 1. The van der Waals surface area contributed by atoms with E-state index < -0.39 is 0 Å². The van der Waals surface area contributed by atoms with Crippen LogP contribution in [0.25, 0.3) is 17.2 Å². The first-order valence-electron chi connectivity index (χ1n) is 12.2. The van der Waals surface area contributed by atoms with Gasteiger partial charge in [-0.1, -0.05) is 26.0 Å². The summed E-state index contributed by atoms with van der Waals surface area (Å²) >= 11 is 0. The average molecular weight is 461 g/mol. The van der Waals surface area contributed by atoms with Crippen molar-refractivity contribution < 1.29 is 9.53 Å². The summed E-state index contributed by atoms with van der Waals surface area (Å²) in [5.41, 5.74) is 3.28. The third-order valence-electron chi connectivity index (χ3n) is 7.00. The number of carbonyl (C=O) groups excluding carboxylic acids is 1. The van der Waals surface area contributed by atoms with Crippen LogP contribution in [-0.2, 0) is 0 Å². The van der Waals surface area contributed by atoms with Gasteiger partial charge in [0.05, 0.1) is 30.3 Å². The standard InChI is InChI=1S/C26H32N6O2/c1-4-30(5-2)19-13-15-31(17-19)25(33)21-16-28-32(24(21)18-10-11-18)26-27-14-12-22(29-26)20-8-6-7-9-23(20)34-3/h6-9,12,14,16,18-19H,4-5,10-11,13,15,17H2,1-3H3. The Bertz CT molecular complexity index is 1170. The van der Waals surface area contributed by atoms with Gasteiger partial charge in [0, 0.05) is 36.8 Å². The van der Waals surface area contributed by atoms with E-state index in [1.807, 2.05) is 35.2 Å². The maximum Gasteiger partial charge on any atom is 0.257 e. The van der Waals surface area contributed by atoms with Crippen LogP contribution in [0.15, 0.2) is 42.7 Å². The van der Waals surface area contributed by atoms with Crippen molar-refractivity contribution in [1.82, 2.24) is 29.5 Å². The first kappa shape index (κ1) is 22.5. The van der Waals surface area contributed by atoms with E-state index in [1.54, 1.807) is 24.2 Å². The normalized spacial score (nSPS) is 18.0. The van der Waals surface area contributed by atoms with E-state index in [0.717, 1.165) is 68.1 Å². The van der Waals surface area contributed by atoms with E-state index in [2.05, 4.69) is 28.8 Å². The van der Waals surface area contributed by atoms with Crippen molar-refractivity contribution in [3.63, 3.8) is 0 Å². The van der Waals surface area contributed by atoms with Crippen molar-refractivity contribution in [2.45, 2.75) is 45.1 Å². The second-order valence-electron chi connectivity index (χ2n) is 8.99. The molecule has 2 fully saturated rings. The number of para-hydroxylation sites is 1. The molecule has 0 radical (unpaired) electrons. The number of hydrogen-bond donors (Lipinski definition) is 0. The predicted octanol–water partition coefficient (Wildman–Crippen LogP) is 3.77. The Labute approximate surface area is 200 Å². The van der Waals surface area contributed by atoms with E-state index in [-0.39, 0.29) is 5.91 Å². The van der Waals surface area contributed by atoms with Crippen LogP contribution in [0, 0.1) is 0 Å². The quantitative estimate of drug-likeness (QED) is 0.509. The summed E-state index contributed by atoms with van der Waals surface area (Å²) in [6.07, 6.45) is 6.57. The number of nitrogens with zero attached hydrogens (tertiary/aromatic N) is 6. The lowest BCUT2D eigenvalue weighted by atomic mass is 10.1. The number of rotatable bonds is 8. The van der Waals surface area contributed by atoms with Gasteiger partial charge in [0.15, 0.2) is 0 Å². The first-order valence-corrected chi connectivity index (χ1v) is 12.2. The van der Waals surface area contributed by atoms with E-state index in [4.69, 9.17) is 9.72 Å². The molecule has 1 saturated carbocycles. The number of carbonyl (C=O) groups is 1. The van der Waals surface area contributed by atoms with Gasteiger partial charge >= 0.3 is 0 Å². The Morgan fingerprint density at radius 1 is 1.15 bits per heavy atom. The number of benzene rings is 1. The van der Waals surface area contributed by atoms with Crippen LogP contribution >= 0.6 is 0 Å². The number of amides is 1. The van der Waals surface area contributed by atoms with Gasteiger partial charge in [-0.25, -0.2) is 14.6 Å². The lowest BCUT2D eigenvalue weighted by Gasteiger charge is -2.26. The summed E-state index contributed by atoms with van der Waals surface area (Å²) in [6, 6.07) is 10.1. The molecule has 178 valence electrons. The average Bonchev–Trinajstić information content (AvgIpc) is 3.43. The zero-order valence-corrected chi connectivity index (χ0v) is 20.1. The molecule has 0 N–H and O–H groups in total. The third kappa shape index (κ3) is 4.18. The van der Waals surface area contributed by atoms with Gasteiger partial charge in [-0.2, -0.15) is 5.10 Å². The van der Waals surface area contributed by atoms with Crippen LogP contribution in [0.2, 0.25) is 0 Å². The fourth-order valence-electron chi connectivity index (χ4n) is 5.02. The Hall–Kier alpha value is -3.26. The van der Waals surface area contributed by atoms with Crippen molar-refractivity contribution in [2.75, 3.05) is 33.3 Å². The summed E-state index contributed by atoms with van der Waals surface area (Å²) in [4.78, 5) is 27.3. The second-order valence-corrected chi connectivity index (χ2v) is 8.99. The number of methoxy groups -OCH3 is 1. The van der Waals surface area contributed by atoms with E-state index in [1.165, 1.54) is 0 Å². The molecule has 1 unspecified atom stereocenters. The van der Waals surface area contributed by atoms with Crippen LogP contribution < -0.4 is 4.74 Å². The minimum atomic E-state index is 0.0729. The molecule has 3 heterocycles. The minimum Gasteiger partial charge on any atom is -0.496 e. The number of ether oxygens (including phenoxy) is 1. The maximum absolute atomic E-state index is 13.6. The summed E-state index contributed by atoms with van der Waals surface area (Å²) in [5.74, 6) is 1.62. The molecule has 3 aromatic rings. The van der Waals surface area contributed by atoms with Crippen molar-refractivity contribution in [1.29, 1.82) is 0 Å². The van der Waals surface area contributed by atoms with Crippen molar-refractivity contribution >= 4 is 5.91 Å². The molecular formula is C26H32N6O2. The summed E-state index contributed by atoms with van der Waals surface area (Å²) in [7, 11) is 1.65. The van der Waals surface area contributed by atoms with Gasteiger partial charge in [0.25, 0.3) is 11.9 Å². The van der Waals surface area contributed by atoms with E-state index >= 15 is 0 Å². The monoisotopic (exact) mass is 460 g/mol. The molecule has 1 atom stereocenters. The molecule has 5 rings (SSSR count). The van der Waals surface area contributed by atoms with Crippen LogP contribution in [0.4, 0.5) is 0 Å². The Morgan fingerprint density at radius 2 is 1.94 bits per heavy atom. The third-order valence-corrected chi connectivity index (χ3v) is 7.00. The molecule has 2 aromatic heterocycles. The topological polar surface area (TPSA) is 76.4 Å². The highest BCUT2D eigenvalue weighted by atomic mass is 16.5. The highest BCUT2D eigenvalue weighted by molar-refractivity contribution is 5.95. The fraction of sp³-hybridized carbons (Fsp3) is 0.462. The number of aromatic nitrogens is 4. The summed E-state index contributed by atoms with van der Waals surface area (Å²) in [6.45, 7) is 7.94. The first-order chi connectivity index (χ1) is 16.6. The Morgan fingerprint density at radius 3 is 2.68 bits per heavy atom. The minimum absolute atomic E-state index is 0.0729. The largest absolute Gasteiger partial charge is 0.496 e. The lowest BCUT2D eigenvalue weighted by molar-refractivity contribution is 0.0776. The smallest absolute Gasteiger partial charge is 0.257 e. The molecule has 34 heavy (non-hydrogen) atoms. The highest BCUT2D eigenvalue weighted by Gasteiger charge is 2.37. The lowest BCUT2D eigenvalue weighted by Crippen LogP contribution is -2.38. The second kappa shape index (κ2) is 9.54. The van der Waals surface area contributed by atoms with Gasteiger partial charge < -0.3 is 9.64 Å². The molecular weight excluding hydrogens is 428 g/mol. The SMILES string of the molecule is CCN(CC)C1CCN(C(=O)c2cnn(-c3nccc(-c4ccccc4OC)n3)c2C2CC2)C1. The van der Waals surface area contributed by atoms with Gasteiger partial charge in [0.1, 0.15) is 5.75 Å². The zero-order chi connectivity index (χ0) is 23.7. The van der Waals surface area contributed by atoms with E-state index in [0.29, 0.717) is 23.5 Å². The Kier molecular flexibility index (Phi) is 6.32. The van der Waals surface area contributed by atoms with Crippen LogP contribution in [0.3, 0.4) is 0 Å². The van der Waals surface area contributed by atoms with E-state index in [9.17, 15) is 4.79 Å². The zero-order valence-electron chi connectivity index (χ0n) is 20.1. The molecule has 8 heteroatoms. The molecule has 1 saturated heterocycles. The molecule has 1 aromatic carbocycles. The summed E-state index contributed by atoms with van der Waals surface area (Å²) in [5, 5.41) is 4.61. The van der Waals surface area contributed by atoms with Crippen molar-refractivity contribution in [3.8, 4) is 23.0 Å². The van der Waals surface area contributed by atoms with Gasteiger partial charge in [-0.15, -0.1) is 0 Å². The summed E-state index contributed by atoms with van der Waals surface area (Å²) < 4.78 is 7.28. The fourth-order valence-corrected chi connectivity index (χ4v) is 5.02. The van der Waals surface area contributed by atoms with Crippen LogP contribution in [0.1, 0.15) is 55.1 Å². The molecule has 1 amide bonds. The molecule has 8 nitrogen and oxygen atoms in total. The highest BCUT2D eigenvalue weighted by Crippen LogP contribution is 2.43. The van der Waals surface area contributed by atoms with Crippen LogP contribution in [0.5, 0.6) is 5.75 Å². The molecule has 0 spiro atoms. The van der Waals surface area contributed by atoms with Crippen molar-refractivity contribution in [2.24, 2.45) is 0 Å². The predicted molar refractivity (Wildman–Crippen MR) is 130 cm³/mol. The molecule has 2 aliphatic rings. The number of hydrogen-bond acceptors (Lipinski definition) is 6. The van der Waals surface area contributed by atoms with Gasteiger partial charge in [0.2, 0.25) is 0 Å². The van der Waals surface area contributed by atoms with Crippen molar-refractivity contribution in [3.05, 3.63) is 54.0 Å². The Balaban J connectivity index is 1.45. The molecule has 1 aliphatic heterocycles. The molecule has 0 bridgehead atoms. The maximum atomic E-state index is 13.6. The number of likely N-dealkylation sites (N-methyl/N-ethyl adjacent to an activating group) is 1. The van der Waals surface area contributed by atoms with Gasteiger partial charge in [-0.3, -0.25) is 9.69 Å². The molecule has 1 aliphatic carbocycles.